The van der Waals surface area contributed by atoms with Crippen LogP contribution in [0.5, 0.6) is 0 Å². The summed E-state index contributed by atoms with van der Waals surface area (Å²) in [6.07, 6.45) is 3.32. The molecule has 0 atom stereocenters. The molecule has 5 heterocycles. The fourth-order valence-corrected chi connectivity index (χ4v) is 3.95. The third-order valence-electron chi connectivity index (χ3n) is 5.76. The third kappa shape index (κ3) is 5.04. The van der Waals surface area contributed by atoms with Gasteiger partial charge in [-0.3, -0.25) is 0 Å². The van der Waals surface area contributed by atoms with Crippen LogP contribution in [0.4, 0.5) is 42.4 Å². The molecule has 0 amide bonds. The zero-order valence-corrected chi connectivity index (χ0v) is 19.7. The smallest absolute Gasteiger partial charge is 0.378 e. The van der Waals surface area contributed by atoms with E-state index in [1.807, 2.05) is 33.8 Å². The van der Waals surface area contributed by atoms with Crippen molar-refractivity contribution in [2.75, 3.05) is 41.8 Å². The monoisotopic (exact) mass is 523 g/mol. The highest BCUT2D eigenvalue weighted by molar-refractivity contribution is 5.64. The van der Waals surface area contributed by atoms with Crippen LogP contribution >= 0.6 is 0 Å². The number of hydrogen-bond acceptors (Lipinski definition) is 10. The molecule has 1 aromatic carbocycles. The molecule has 5 aromatic rings. The number of aromatic nitrogens is 8. The summed E-state index contributed by atoms with van der Waals surface area (Å²) in [4.78, 5) is 23.5. The van der Waals surface area contributed by atoms with E-state index in [1.54, 1.807) is 6.20 Å². The number of imidazole rings is 1. The fourth-order valence-electron chi connectivity index (χ4n) is 3.95. The van der Waals surface area contributed by atoms with Gasteiger partial charge in [-0.2, -0.15) is 33.2 Å². The van der Waals surface area contributed by atoms with Crippen molar-refractivity contribution in [3.63, 3.8) is 0 Å². The van der Waals surface area contributed by atoms with Gasteiger partial charge in [0.1, 0.15) is 18.3 Å². The molecule has 1 saturated heterocycles. The number of rotatable bonds is 6. The zero-order chi connectivity index (χ0) is 26.1. The van der Waals surface area contributed by atoms with Gasteiger partial charge >= 0.3 is 6.18 Å². The number of anilines is 5. The molecular formula is C23H20F3N11O. The summed E-state index contributed by atoms with van der Waals surface area (Å²) in [7, 11) is 0. The van der Waals surface area contributed by atoms with E-state index in [0.717, 1.165) is 17.8 Å². The highest BCUT2D eigenvalue weighted by Crippen LogP contribution is 2.33. The number of morpholine rings is 1. The Balaban J connectivity index is 1.37. The minimum atomic E-state index is -4.58. The average Bonchev–Trinajstić information content (AvgIpc) is 3.61. The molecule has 0 aliphatic carbocycles. The number of hydrogen-bond donors (Lipinski definition) is 2. The van der Waals surface area contributed by atoms with Gasteiger partial charge in [-0.05, 0) is 24.3 Å². The SMILES string of the molecule is FC(F)(F)c1cc(Nc2nc(Nc3ccn4ccnc4c3)nc(N3CCOCC3)n2)cc(-n2cncn2)c1. The molecule has 0 radical (unpaired) electrons. The Hall–Kier alpha value is -4.79. The molecule has 0 saturated carbocycles. The molecule has 6 rings (SSSR count). The number of nitrogens with zero attached hydrogens (tertiary/aromatic N) is 9. The maximum atomic E-state index is 13.7. The molecule has 1 aliphatic heterocycles. The number of alkyl halides is 3. The Morgan fingerprint density at radius 2 is 1.68 bits per heavy atom. The van der Waals surface area contributed by atoms with E-state index in [0.29, 0.717) is 37.9 Å². The predicted molar refractivity (Wildman–Crippen MR) is 131 cm³/mol. The fraction of sp³-hybridized carbons (Fsp3) is 0.217. The molecule has 0 unspecified atom stereocenters. The molecule has 1 fully saturated rings. The van der Waals surface area contributed by atoms with Crippen LogP contribution in [-0.4, -0.2) is 65.4 Å². The topological polar surface area (TPSA) is 123 Å². The predicted octanol–water partition coefficient (Wildman–Crippen LogP) is 3.44. The molecular weight excluding hydrogens is 503 g/mol. The Morgan fingerprint density at radius 3 is 2.42 bits per heavy atom. The van der Waals surface area contributed by atoms with Crippen molar-refractivity contribution in [1.29, 1.82) is 0 Å². The van der Waals surface area contributed by atoms with Gasteiger partial charge in [0.2, 0.25) is 17.8 Å². The van der Waals surface area contributed by atoms with Crippen LogP contribution in [0.2, 0.25) is 0 Å². The second-order valence-electron chi connectivity index (χ2n) is 8.35. The zero-order valence-electron chi connectivity index (χ0n) is 19.7. The van der Waals surface area contributed by atoms with Gasteiger partial charge in [-0.25, -0.2) is 14.6 Å². The number of nitrogens with one attached hydrogen (secondary N) is 2. The van der Waals surface area contributed by atoms with Crippen molar-refractivity contribution in [2.45, 2.75) is 6.18 Å². The van der Waals surface area contributed by atoms with Gasteiger partial charge in [0, 0.05) is 49.1 Å². The first-order chi connectivity index (χ1) is 18.4. The molecule has 0 bridgehead atoms. The molecule has 194 valence electrons. The van der Waals surface area contributed by atoms with Crippen molar-refractivity contribution in [3.05, 3.63) is 67.1 Å². The average molecular weight is 523 g/mol. The van der Waals surface area contributed by atoms with Crippen LogP contribution in [-0.2, 0) is 10.9 Å². The number of benzene rings is 1. The second kappa shape index (κ2) is 9.59. The summed E-state index contributed by atoms with van der Waals surface area (Å²) in [5.41, 5.74) is 0.839. The summed E-state index contributed by atoms with van der Waals surface area (Å²) >= 11 is 0. The minimum absolute atomic E-state index is 0.0646. The summed E-state index contributed by atoms with van der Waals surface area (Å²) < 4.78 is 49.6. The highest BCUT2D eigenvalue weighted by atomic mass is 19.4. The standard InChI is InChI=1S/C23H20F3N11O/c24-23(25,26)15-9-17(11-18(10-15)37-14-27-13-29-37)31-21-32-20(33-22(34-21)36-5-7-38-8-6-36)30-16-1-3-35-4-2-28-19(35)12-16/h1-4,9-14H,5-8H2,(H2,30,31,32,33,34). The Kier molecular flexibility index (Phi) is 5.95. The molecule has 12 nitrogen and oxygen atoms in total. The van der Waals surface area contributed by atoms with Crippen LogP contribution in [0.15, 0.2) is 61.6 Å². The van der Waals surface area contributed by atoms with Crippen LogP contribution in [0.3, 0.4) is 0 Å². The first kappa shape index (κ1) is 23.6. The van der Waals surface area contributed by atoms with Gasteiger partial charge in [0.05, 0.1) is 24.5 Å². The number of ether oxygens (including phenoxy) is 1. The normalized spacial score (nSPS) is 14.1. The molecule has 4 aromatic heterocycles. The van der Waals surface area contributed by atoms with Gasteiger partial charge < -0.3 is 24.7 Å². The van der Waals surface area contributed by atoms with Crippen molar-refractivity contribution < 1.29 is 17.9 Å². The van der Waals surface area contributed by atoms with Crippen LogP contribution in [0, 0.1) is 0 Å². The van der Waals surface area contributed by atoms with Crippen LogP contribution in [0.25, 0.3) is 11.3 Å². The lowest BCUT2D eigenvalue weighted by atomic mass is 10.1. The minimum Gasteiger partial charge on any atom is -0.378 e. The quantitative estimate of drug-likeness (QED) is 0.342. The van der Waals surface area contributed by atoms with E-state index in [4.69, 9.17) is 4.74 Å². The Labute approximate surface area is 213 Å². The summed E-state index contributed by atoms with van der Waals surface area (Å²) in [6.45, 7) is 2.12. The summed E-state index contributed by atoms with van der Waals surface area (Å²) in [6, 6.07) is 7.13. The highest BCUT2D eigenvalue weighted by Gasteiger charge is 2.31. The van der Waals surface area contributed by atoms with Gasteiger partial charge in [-0.1, -0.05) is 0 Å². The third-order valence-corrected chi connectivity index (χ3v) is 5.76. The summed E-state index contributed by atoms with van der Waals surface area (Å²) in [5.74, 6) is 0.636. The number of fused-ring (bicyclic) bond motifs is 1. The summed E-state index contributed by atoms with van der Waals surface area (Å²) in [5, 5.41) is 10.0. The molecule has 2 N–H and O–H groups in total. The van der Waals surface area contributed by atoms with E-state index in [2.05, 4.69) is 40.7 Å². The van der Waals surface area contributed by atoms with Crippen LogP contribution < -0.4 is 15.5 Å². The van der Waals surface area contributed by atoms with E-state index < -0.39 is 11.7 Å². The van der Waals surface area contributed by atoms with Gasteiger partial charge in [0.25, 0.3) is 0 Å². The number of pyridine rings is 1. The van der Waals surface area contributed by atoms with E-state index in [9.17, 15) is 13.2 Å². The Morgan fingerprint density at radius 1 is 0.895 bits per heavy atom. The van der Waals surface area contributed by atoms with Crippen molar-refractivity contribution in [1.82, 2.24) is 39.1 Å². The lowest BCUT2D eigenvalue weighted by Gasteiger charge is -2.27. The molecule has 38 heavy (non-hydrogen) atoms. The Bertz CT molecular complexity index is 1560. The molecule has 1 aliphatic rings. The maximum absolute atomic E-state index is 13.7. The van der Waals surface area contributed by atoms with Crippen molar-refractivity contribution >= 4 is 34.9 Å². The maximum Gasteiger partial charge on any atom is 0.416 e. The molecule has 0 spiro atoms. The largest absolute Gasteiger partial charge is 0.416 e. The lowest BCUT2D eigenvalue weighted by molar-refractivity contribution is -0.137. The number of halogens is 3. The van der Waals surface area contributed by atoms with E-state index in [1.165, 1.54) is 23.4 Å². The molecule has 15 heteroatoms. The first-order valence-corrected chi connectivity index (χ1v) is 11.5. The second-order valence-corrected chi connectivity index (χ2v) is 8.35. The van der Waals surface area contributed by atoms with Crippen molar-refractivity contribution in [3.8, 4) is 5.69 Å². The van der Waals surface area contributed by atoms with Gasteiger partial charge in [-0.15, -0.1) is 0 Å². The van der Waals surface area contributed by atoms with Crippen LogP contribution in [0.1, 0.15) is 5.56 Å². The lowest BCUT2D eigenvalue weighted by Crippen LogP contribution is -2.37. The van der Waals surface area contributed by atoms with Crippen molar-refractivity contribution in [2.24, 2.45) is 0 Å². The van der Waals surface area contributed by atoms with E-state index in [-0.39, 0.29) is 23.3 Å². The van der Waals surface area contributed by atoms with E-state index >= 15 is 0 Å². The van der Waals surface area contributed by atoms with Gasteiger partial charge in [0.15, 0.2) is 0 Å². The first-order valence-electron chi connectivity index (χ1n) is 11.5.